The maximum absolute atomic E-state index is 8.44. The second-order valence-corrected chi connectivity index (χ2v) is 2.68. The van der Waals surface area contributed by atoms with E-state index in [-0.39, 0.29) is 0 Å². The van der Waals surface area contributed by atoms with Gasteiger partial charge in [-0.1, -0.05) is 0 Å². The number of nitrogens with one attached hydrogen (secondary N) is 2. The van der Waals surface area contributed by atoms with E-state index in [1.165, 1.54) is 0 Å². The quantitative estimate of drug-likeness (QED) is 0.720. The molecule has 2 heterocycles. The van der Waals surface area contributed by atoms with Gasteiger partial charge in [0, 0.05) is 18.0 Å². The minimum atomic E-state index is 0.324. The molecule has 0 atom stereocenters. The molecule has 0 saturated carbocycles. The zero-order valence-electron chi connectivity index (χ0n) is 6.91. The Balaban J connectivity index is 2.29. The average molecular weight is 172 g/mol. The standard InChI is InChI=1S/C9H8N4/c10-3-1-9-12-6-8(13-9)7-2-4-11-5-7/h2,4-6,11H,1H2,(H,12,13). The second-order valence-electron chi connectivity index (χ2n) is 2.68. The summed E-state index contributed by atoms with van der Waals surface area (Å²) in [4.78, 5) is 10.1. The van der Waals surface area contributed by atoms with Crippen molar-refractivity contribution in [3.05, 3.63) is 30.5 Å². The fourth-order valence-electron chi connectivity index (χ4n) is 1.17. The Morgan fingerprint density at radius 1 is 1.54 bits per heavy atom. The Kier molecular flexibility index (Phi) is 1.85. The van der Waals surface area contributed by atoms with E-state index >= 15 is 0 Å². The van der Waals surface area contributed by atoms with Crippen molar-refractivity contribution in [3.8, 4) is 17.3 Å². The molecule has 0 bridgehead atoms. The molecule has 0 radical (unpaired) electrons. The fourth-order valence-corrected chi connectivity index (χ4v) is 1.17. The SMILES string of the molecule is N#CCc1ncc(-c2cc[nH]c2)[nH]1. The van der Waals surface area contributed by atoms with E-state index in [2.05, 4.69) is 15.0 Å². The third-order valence-electron chi connectivity index (χ3n) is 1.78. The summed E-state index contributed by atoms with van der Waals surface area (Å²) in [6.45, 7) is 0. The lowest BCUT2D eigenvalue weighted by molar-refractivity contribution is 1.06. The average Bonchev–Trinajstić information content (AvgIpc) is 2.70. The number of imidazole rings is 1. The molecule has 0 fully saturated rings. The van der Waals surface area contributed by atoms with Gasteiger partial charge >= 0.3 is 0 Å². The lowest BCUT2D eigenvalue weighted by Crippen LogP contribution is -1.83. The summed E-state index contributed by atoms with van der Waals surface area (Å²) in [5.74, 6) is 0.707. The number of nitriles is 1. The van der Waals surface area contributed by atoms with Crippen LogP contribution in [0.3, 0.4) is 0 Å². The second kappa shape index (κ2) is 3.15. The third-order valence-corrected chi connectivity index (χ3v) is 1.78. The molecular weight excluding hydrogens is 164 g/mol. The molecule has 0 spiro atoms. The van der Waals surface area contributed by atoms with Crippen molar-refractivity contribution < 1.29 is 0 Å². The van der Waals surface area contributed by atoms with Crippen LogP contribution in [0, 0.1) is 11.3 Å². The van der Waals surface area contributed by atoms with Crippen molar-refractivity contribution in [2.45, 2.75) is 6.42 Å². The van der Waals surface area contributed by atoms with Crippen LogP contribution in [-0.2, 0) is 6.42 Å². The van der Waals surface area contributed by atoms with Crippen molar-refractivity contribution in [1.29, 1.82) is 5.26 Å². The van der Waals surface area contributed by atoms with Gasteiger partial charge in [-0.25, -0.2) is 4.98 Å². The maximum atomic E-state index is 8.44. The summed E-state index contributed by atoms with van der Waals surface area (Å²) in [6.07, 6.45) is 5.78. The van der Waals surface area contributed by atoms with Gasteiger partial charge in [0.1, 0.15) is 5.82 Å². The van der Waals surface area contributed by atoms with E-state index < -0.39 is 0 Å². The molecule has 2 N–H and O–H groups in total. The molecule has 0 saturated heterocycles. The van der Waals surface area contributed by atoms with Gasteiger partial charge in [-0.3, -0.25) is 0 Å². The number of hydrogen-bond donors (Lipinski definition) is 2. The summed E-state index contributed by atoms with van der Waals surface area (Å²) in [5, 5.41) is 8.44. The van der Waals surface area contributed by atoms with Crippen molar-refractivity contribution in [3.63, 3.8) is 0 Å². The van der Waals surface area contributed by atoms with Gasteiger partial charge in [-0.15, -0.1) is 0 Å². The molecule has 0 aromatic carbocycles. The zero-order valence-corrected chi connectivity index (χ0v) is 6.91. The lowest BCUT2D eigenvalue weighted by Gasteiger charge is -1.88. The smallest absolute Gasteiger partial charge is 0.120 e. The van der Waals surface area contributed by atoms with Crippen LogP contribution in [-0.4, -0.2) is 15.0 Å². The predicted molar refractivity (Wildman–Crippen MR) is 47.7 cm³/mol. The zero-order chi connectivity index (χ0) is 9.10. The molecule has 0 amide bonds. The topological polar surface area (TPSA) is 68.3 Å². The van der Waals surface area contributed by atoms with E-state index in [1.54, 1.807) is 6.20 Å². The third kappa shape index (κ3) is 1.44. The summed E-state index contributed by atoms with van der Waals surface area (Å²) < 4.78 is 0. The van der Waals surface area contributed by atoms with E-state index in [1.807, 2.05) is 24.5 Å². The molecule has 2 aromatic rings. The normalized spacial score (nSPS) is 9.77. The van der Waals surface area contributed by atoms with Crippen molar-refractivity contribution >= 4 is 0 Å². The molecule has 2 rings (SSSR count). The van der Waals surface area contributed by atoms with Gasteiger partial charge in [-0.05, 0) is 6.07 Å². The Labute approximate surface area is 75.2 Å². The first kappa shape index (κ1) is 7.62. The van der Waals surface area contributed by atoms with Crippen LogP contribution in [0.5, 0.6) is 0 Å². The van der Waals surface area contributed by atoms with Crippen LogP contribution in [0.1, 0.15) is 5.82 Å². The van der Waals surface area contributed by atoms with Crippen molar-refractivity contribution in [1.82, 2.24) is 15.0 Å². The number of rotatable bonds is 2. The van der Waals surface area contributed by atoms with E-state index in [4.69, 9.17) is 5.26 Å². The molecular formula is C9H8N4. The van der Waals surface area contributed by atoms with E-state index in [0.29, 0.717) is 12.2 Å². The van der Waals surface area contributed by atoms with Crippen LogP contribution in [0.15, 0.2) is 24.7 Å². The fraction of sp³-hybridized carbons (Fsp3) is 0.111. The summed E-state index contributed by atoms with van der Waals surface area (Å²) in [5.41, 5.74) is 1.99. The number of H-pyrrole nitrogens is 2. The van der Waals surface area contributed by atoms with Crippen LogP contribution in [0.2, 0.25) is 0 Å². The molecule has 0 aliphatic rings. The van der Waals surface area contributed by atoms with Gasteiger partial charge in [0.05, 0.1) is 24.4 Å². The highest BCUT2D eigenvalue weighted by atomic mass is 14.9. The molecule has 13 heavy (non-hydrogen) atoms. The number of aromatic amines is 2. The molecule has 4 nitrogen and oxygen atoms in total. The lowest BCUT2D eigenvalue weighted by atomic mass is 10.3. The molecule has 0 unspecified atom stereocenters. The maximum Gasteiger partial charge on any atom is 0.120 e. The predicted octanol–water partition coefficient (Wildman–Crippen LogP) is 1.47. The minimum absolute atomic E-state index is 0.324. The Morgan fingerprint density at radius 3 is 3.15 bits per heavy atom. The first-order chi connectivity index (χ1) is 6.40. The van der Waals surface area contributed by atoms with Gasteiger partial charge in [0.2, 0.25) is 0 Å². The van der Waals surface area contributed by atoms with Gasteiger partial charge < -0.3 is 9.97 Å². The first-order valence-electron chi connectivity index (χ1n) is 3.94. The number of aromatic nitrogens is 3. The highest BCUT2D eigenvalue weighted by molar-refractivity contribution is 5.57. The minimum Gasteiger partial charge on any atom is -0.367 e. The highest BCUT2D eigenvalue weighted by Crippen LogP contribution is 2.15. The largest absolute Gasteiger partial charge is 0.367 e. The molecule has 4 heteroatoms. The monoisotopic (exact) mass is 172 g/mol. The summed E-state index contributed by atoms with van der Waals surface area (Å²) >= 11 is 0. The number of hydrogen-bond acceptors (Lipinski definition) is 2. The van der Waals surface area contributed by atoms with Crippen molar-refractivity contribution in [2.24, 2.45) is 0 Å². The Bertz CT molecular complexity index is 419. The molecule has 64 valence electrons. The molecule has 0 aliphatic carbocycles. The Hall–Kier alpha value is -2.02. The van der Waals surface area contributed by atoms with E-state index in [9.17, 15) is 0 Å². The van der Waals surface area contributed by atoms with Gasteiger partial charge in [0.15, 0.2) is 0 Å². The van der Waals surface area contributed by atoms with Crippen molar-refractivity contribution in [2.75, 3.05) is 0 Å². The summed E-state index contributed by atoms with van der Waals surface area (Å²) in [6, 6.07) is 3.99. The summed E-state index contributed by atoms with van der Waals surface area (Å²) in [7, 11) is 0. The molecule has 0 aliphatic heterocycles. The first-order valence-corrected chi connectivity index (χ1v) is 3.94. The van der Waals surface area contributed by atoms with Crippen LogP contribution in [0.25, 0.3) is 11.3 Å². The van der Waals surface area contributed by atoms with Crippen LogP contribution < -0.4 is 0 Å². The molecule has 2 aromatic heterocycles. The van der Waals surface area contributed by atoms with E-state index in [0.717, 1.165) is 11.3 Å². The Morgan fingerprint density at radius 2 is 2.46 bits per heavy atom. The van der Waals surface area contributed by atoms with Crippen LogP contribution in [0.4, 0.5) is 0 Å². The number of nitrogens with zero attached hydrogens (tertiary/aromatic N) is 2. The van der Waals surface area contributed by atoms with Gasteiger partial charge in [-0.2, -0.15) is 5.26 Å². The van der Waals surface area contributed by atoms with Crippen LogP contribution >= 0.6 is 0 Å². The highest BCUT2D eigenvalue weighted by Gasteiger charge is 2.01. The van der Waals surface area contributed by atoms with Gasteiger partial charge in [0.25, 0.3) is 0 Å².